The van der Waals surface area contributed by atoms with Crippen LogP contribution in [0.5, 0.6) is 5.75 Å². The number of hydrazone groups is 1. The van der Waals surface area contributed by atoms with Gasteiger partial charge in [-0.1, -0.05) is 30.3 Å². The maximum Gasteiger partial charge on any atom is 0.287 e. The number of phenolic OH excluding ortho intramolecular Hbond substituents is 1. The van der Waals surface area contributed by atoms with Crippen LogP contribution in [-0.2, 0) is 4.79 Å². The Kier molecular flexibility index (Phi) is 7.91. The van der Waals surface area contributed by atoms with Crippen LogP contribution in [0, 0.1) is 10.1 Å². The van der Waals surface area contributed by atoms with E-state index in [1.807, 2.05) is 31.1 Å². The van der Waals surface area contributed by atoms with Crippen molar-refractivity contribution in [2.45, 2.75) is 0 Å². The Morgan fingerprint density at radius 3 is 2.34 bits per heavy atom. The highest BCUT2D eigenvalue weighted by Gasteiger charge is 2.16. The molecular weight excluding hydrogens is 450 g/mol. The van der Waals surface area contributed by atoms with Gasteiger partial charge in [0.15, 0.2) is 0 Å². The first-order chi connectivity index (χ1) is 16.7. The summed E-state index contributed by atoms with van der Waals surface area (Å²) in [6, 6.07) is 19.1. The van der Waals surface area contributed by atoms with Crippen molar-refractivity contribution in [2.24, 2.45) is 5.10 Å². The molecule has 0 heterocycles. The summed E-state index contributed by atoms with van der Waals surface area (Å²) in [6.07, 6.45) is 2.53. The van der Waals surface area contributed by atoms with Crippen molar-refractivity contribution >= 4 is 35.5 Å². The van der Waals surface area contributed by atoms with Gasteiger partial charge < -0.3 is 15.3 Å². The number of nitrogens with zero attached hydrogens (tertiary/aromatic N) is 3. The maximum absolute atomic E-state index is 12.9. The van der Waals surface area contributed by atoms with Crippen molar-refractivity contribution in [1.29, 1.82) is 0 Å². The molecule has 3 aromatic carbocycles. The zero-order chi connectivity index (χ0) is 25.4. The Morgan fingerprint density at radius 1 is 1.03 bits per heavy atom. The van der Waals surface area contributed by atoms with Crippen LogP contribution in [-0.4, -0.2) is 42.2 Å². The lowest BCUT2D eigenvalue weighted by molar-refractivity contribution is -0.385. The highest BCUT2D eigenvalue weighted by Crippen LogP contribution is 2.21. The summed E-state index contributed by atoms with van der Waals surface area (Å²) in [4.78, 5) is 38.0. The van der Waals surface area contributed by atoms with Crippen LogP contribution in [0.15, 0.2) is 83.6 Å². The van der Waals surface area contributed by atoms with Crippen LogP contribution in [0.4, 0.5) is 11.4 Å². The summed E-state index contributed by atoms with van der Waals surface area (Å²) in [5.41, 5.74) is 3.84. The van der Waals surface area contributed by atoms with Gasteiger partial charge in [-0.25, -0.2) is 5.43 Å². The smallest absolute Gasteiger partial charge is 0.287 e. The van der Waals surface area contributed by atoms with Gasteiger partial charge in [0.05, 0.1) is 16.7 Å². The summed E-state index contributed by atoms with van der Waals surface area (Å²) in [5.74, 6) is -1.44. The molecule has 35 heavy (non-hydrogen) atoms. The molecule has 10 nitrogen and oxygen atoms in total. The first-order valence-corrected chi connectivity index (χ1v) is 10.4. The molecule has 3 aromatic rings. The van der Waals surface area contributed by atoms with Crippen LogP contribution >= 0.6 is 0 Å². The third-order valence-corrected chi connectivity index (χ3v) is 4.83. The molecule has 0 bridgehead atoms. The summed E-state index contributed by atoms with van der Waals surface area (Å²) < 4.78 is 0. The lowest BCUT2D eigenvalue weighted by Gasteiger charge is -2.12. The van der Waals surface area contributed by atoms with E-state index >= 15 is 0 Å². The van der Waals surface area contributed by atoms with Gasteiger partial charge >= 0.3 is 0 Å². The van der Waals surface area contributed by atoms with E-state index in [0.29, 0.717) is 11.1 Å². The van der Waals surface area contributed by atoms with E-state index in [9.17, 15) is 24.8 Å². The van der Waals surface area contributed by atoms with Crippen molar-refractivity contribution in [2.75, 3.05) is 19.0 Å². The van der Waals surface area contributed by atoms with E-state index in [-0.39, 0.29) is 22.7 Å². The molecule has 0 saturated carbocycles. The Morgan fingerprint density at radius 2 is 1.71 bits per heavy atom. The summed E-state index contributed by atoms with van der Waals surface area (Å²) in [7, 11) is 3.80. The fraction of sp³-hybridized carbons (Fsp3) is 0.0800. The molecule has 0 atom stereocenters. The Labute approximate surface area is 201 Å². The Hall–Kier alpha value is -4.99. The van der Waals surface area contributed by atoms with Gasteiger partial charge in [0.2, 0.25) is 0 Å². The third kappa shape index (κ3) is 6.75. The van der Waals surface area contributed by atoms with Gasteiger partial charge in [0.1, 0.15) is 11.4 Å². The zero-order valence-electron chi connectivity index (χ0n) is 19.0. The van der Waals surface area contributed by atoms with E-state index in [0.717, 1.165) is 24.0 Å². The quantitative estimate of drug-likeness (QED) is 0.199. The van der Waals surface area contributed by atoms with Gasteiger partial charge in [-0.3, -0.25) is 19.7 Å². The SMILES string of the molecule is CN(C)c1ccc(/C=C(\NC(=O)c2ccccc2)C(=O)NN=Cc2cc(O)ccc2[N+](=O)[O-])cc1. The van der Waals surface area contributed by atoms with Gasteiger partial charge in [-0.2, -0.15) is 5.10 Å². The van der Waals surface area contributed by atoms with E-state index in [4.69, 9.17) is 0 Å². The molecule has 2 amide bonds. The predicted octanol–water partition coefficient (Wildman–Crippen LogP) is 3.29. The Bertz CT molecular complexity index is 1290. The van der Waals surface area contributed by atoms with E-state index < -0.39 is 16.7 Å². The molecule has 0 aromatic heterocycles. The predicted molar refractivity (Wildman–Crippen MR) is 133 cm³/mol. The van der Waals surface area contributed by atoms with Crippen molar-refractivity contribution in [3.63, 3.8) is 0 Å². The molecule has 3 N–H and O–H groups in total. The number of rotatable bonds is 8. The fourth-order valence-corrected chi connectivity index (χ4v) is 3.01. The van der Waals surface area contributed by atoms with Crippen molar-refractivity contribution in [1.82, 2.24) is 10.7 Å². The minimum absolute atomic E-state index is 0.00609. The molecule has 10 heteroatoms. The van der Waals surface area contributed by atoms with E-state index in [2.05, 4.69) is 15.8 Å². The number of anilines is 1. The van der Waals surface area contributed by atoms with E-state index in [1.54, 1.807) is 42.5 Å². The van der Waals surface area contributed by atoms with Gasteiger partial charge in [0.25, 0.3) is 17.5 Å². The lowest BCUT2D eigenvalue weighted by atomic mass is 10.1. The second-order valence-electron chi connectivity index (χ2n) is 7.56. The highest BCUT2D eigenvalue weighted by atomic mass is 16.6. The molecule has 0 radical (unpaired) electrons. The van der Waals surface area contributed by atoms with E-state index in [1.165, 1.54) is 12.1 Å². The van der Waals surface area contributed by atoms with Gasteiger partial charge in [0, 0.05) is 31.4 Å². The average molecular weight is 473 g/mol. The normalized spacial score (nSPS) is 11.2. The second-order valence-corrected chi connectivity index (χ2v) is 7.56. The number of aromatic hydroxyl groups is 1. The number of nitro groups is 1. The highest BCUT2D eigenvalue weighted by molar-refractivity contribution is 6.05. The number of hydrogen-bond donors (Lipinski definition) is 3. The summed E-state index contributed by atoms with van der Waals surface area (Å²) in [5, 5.41) is 27.1. The van der Waals surface area contributed by atoms with Crippen molar-refractivity contribution < 1.29 is 19.6 Å². The number of hydrogen-bond acceptors (Lipinski definition) is 7. The minimum atomic E-state index is -0.745. The number of carbonyl (C=O) groups is 2. The molecule has 0 saturated heterocycles. The zero-order valence-corrected chi connectivity index (χ0v) is 19.0. The van der Waals surface area contributed by atoms with Crippen LogP contribution in [0.3, 0.4) is 0 Å². The largest absolute Gasteiger partial charge is 0.508 e. The van der Waals surface area contributed by atoms with Crippen molar-refractivity contribution in [3.8, 4) is 5.75 Å². The number of nitro benzene ring substituents is 1. The summed E-state index contributed by atoms with van der Waals surface area (Å²) >= 11 is 0. The van der Waals surface area contributed by atoms with Crippen LogP contribution in [0.25, 0.3) is 6.08 Å². The average Bonchev–Trinajstić information content (AvgIpc) is 2.84. The Balaban J connectivity index is 1.86. The second kappa shape index (κ2) is 11.2. The number of amides is 2. The molecule has 0 unspecified atom stereocenters. The number of benzene rings is 3. The van der Waals surface area contributed by atoms with Crippen LogP contribution in [0.2, 0.25) is 0 Å². The van der Waals surface area contributed by atoms with Crippen LogP contribution < -0.4 is 15.6 Å². The minimum Gasteiger partial charge on any atom is -0.508 e. The topological polar surface area (TPSA) is 137 Å². The summed E-state index contributed by atoms with van der Waals surface area (Å²) in [6.45, 7) is 0. The van der Waals surface area contributed by atoms with Crippen LogP contribution in [0.1, 0.15) is 21.5 Å². The fourth-order valence-electron chi connectivity index (χ4n) is 3.01. The molecule has 178 valence electrons. The first-order valence-electron chi connectivity index (χ1n) is 10.4. The lowest BCUT2D eigenvalue weighted by Crippen LogP contribution is -2.32. The third-order valence-electron chi connectivity index (χ3n) is 4.83. The maximum atomic E-state index is 12.9. The molecular formula is C25H23N5O5. The number of phenols is 1. The van der Waals surface area contributed by atoms with Gasteiger partial charge in [-0.15, -0.1) is 0 Å². The molecule has 0 spiro atoms. The molecule has 0 aliphatic carbocycles. The first kappa shape index (κ1) is 24.6. The van der Waals surface area contributed by atoms with Crippen molar-refractivity contribution in [3.05, 3.63) is 105 Å². The number of nitrogens with one attached hydrogen (secondary N) is 2. The molecule has 0 fully saturated rings. The molecule has 0 aliphatic heterocycles. The standard InChI is InChI=1S/C25H23N5O5/c1-29(2)20-10-8-17(9-11-20)14-22(27-24(32)18-6-4-3-5-7-18)25(33)28-26-16-19-15-21(31)12-13-23(19)30(34)35/h3-16,31H,1-2H3,(H,27,32)(H,28,33)/b22-14-,26-16?. The van der Waals surface area contributed by atoms with Gasteiger partial charge in [-0.05, 0) is 48.0 Å². The number of carbonyl (C=O) groups excluding carboxylic acids is 2. The monoisotopic (exact) mass is 473 g/mol. The molecule has 3 rings (SSSR count). The molecule has 0 aliphatic rings.